The summed E-state index contributed by atoms with van der Waals surface area (Å²) in [6.07, 6.45) is 2.70. The zero-order valence-corrected chi connectivity index (χ0v) is 21.7. The molecule has 3 rings (SSSR count). The van der Waals surface area contributed by atoms with Crippen molar-refractivity contribution in [3.05, 3.63) is 72.1 Å². The summed E-state index contributed by atoms with van der Waals surface area (Å²) < 4.78 is 40.7. The summed E-state index contributed by atoms with van der Waals surface area (Å²) in [5.41, 5.74) is 0.561. The predicted octanol–water partition coefficient (Wildman–Crippen LogP) is 3.11. The van der Waals surface area contributed by atoms with Crippen LogP contribution in [0.5, 0.6) is 11.5 Å². The third-order valence-corrected chi connectivity index (χ3v) is 7.48. The topological polar surface area (TPSA) is 94.0 Å². The van der Waals surface area contributed by atoms with Crippen LogP contribution in [0.3, 0.4) is 0 Å². The third kappa shape index (κ3) is 5.83. The standard InChI is InChI=1S/C25H32N4O5S/c1-25(2,24(30)27(3)4)29-18-23(15-26-29)35(31,32)28(16-19-7-11-21(33-5)12-8-19)17-20-9-13-22(34-6)14-10-20/h7-15,18H,16-17H2,1-6H3. The molecular formula is C25H32N4O5S. The van der Waals surface area contributed by atoms with Gasteiger partial charge in [0, 0.05) is 33.4 Å². The predicted molar refractivity (Wildman–Crippen MR) is 133 cm³/mol. The number of rotatable bonds is 10. The van der Waals surface area contributed by atoms with Gasteiger partial charge < -0.3 is 14.4 Å². The van der Waals surface area contributed by atoms with Crippen molar-refractivity contribution in [2.45, 2.75) is 37.4 Å². The number of aromatic nitrogens is 2. The molecule has 1 amide bonds. The lowest BCUT2D eigenvalue weighted by molar-refractivity contribution is -0.137. The van der Waals surface area contributed by atoms with Crippen LogP contribution < -0.4 is 9.47 Å². The highest BCUT2D eigenvalue weighted by molar-refractivity contribution is 7.89. The summed E-state index contributed by atoms with van der Waals surface area (Å²) in [6.45, 7) is 3.68. The van der Waals surface area contributed by atoms with E-state index in [2.05, 4.69) is 5.10 Å². The number of carbonyl (C=O) groups excluding carboxylic acids is 1. The summed E-state index contributed by atoms with van der Waals surface area (Å²) >= 11 is 0. The lowest BCUT2D eigenvalue weighted by Crippen LogP contribution is -2.44. The van der Waals surface area contributed by atoms with Gasteiger partial charge in [-0.05, 0) is 49.2 Å². The number of amides is 1. The van der Waals surface area contributed by atoms with E-state index in [9.17, 15) is 13.2 Å². The Morgan fingerprint density at radius 3 is 1.77 bits per heavy atom. The maximum absolute atomic E-state index is 13.8. The van der Waals surface area contributed by atoms with Crippen molar-refractivity contribution in [3.63, 3.8) is 0 Å². The second-order valence-electron chi connectivity index (χ2n) is 8.85. The highest BCUT2D eigenvalue weighted by Gasteiger charge is 2.34. The van der Waals surface area contributed by atoms with Crippen LogP contribution in [-0.4, -0.2) is 61.6 Å². The fourth-order valence-corrected chi connectivity index (χ4v) is 4.98. The summed E-state index contributed by atoms with van der Waals surface area (Å²) in [6, 6.07) is 14.5. The van der Waals surface area contributed by atoms with Gasteiger partial charge in [0.15, 0.2) is 0 Å². The second kappa shape index (κ2) is 10.5. The zero-order valence-electron chi connectivity index (χ0n) is 20.9. The molecule has 2 aromatic carbocycles. The Hall–Kier alpha value is -3.37. The largest absolute Gasteiger partial charge is 0.497 e. The van der Waals surface area contributed by atoms with Gasteiger partial charge in [0.25, 0.3) is 0 Å². The Morgan fingerprint density at radius 1 is 0.914 bits per heavy atom. The number of likely N-dealkylation sites (N-methyl/N-ethyl adjacent to an activating group) is 1. The van der Waals surface area contributed by atoms with E-state index in [0.717, 1.165) is 11.1 Å². The van der Waals surface area contributed by atoms with Crippen molar-refractivity contribution in [2.75, 3.05) is 28.3 Å². The number of methoxy groups -OCH3 is 2. The van der Waals surface area contributed by atoms with E-state index in [1.807, 2.05) is 24.3 Å². The maximum atomic E-state index is 13.8. The molecule has 3 aromatic rings. The van der Waals surface area contributed by atoms with E-state index in [1.165, 1.54) is 26.3 Å². The maximum Gasteiger partial charge on any atom is 0.249 e. The molecule has 0 unspecified atom stereocenters. The Balaban J connectivity index is 1.97. The van der Waals surface area contributed by atoms with Crippen molar-refractivity contribution >= 4 is 15.9 Å². The molecule has 188 valence electrons. The first-order valence-electron chi connectivity index (χ1n) is 11.0. The van der Waals surface area contributed by atoms with E-state index in [4.69, 9.17) is 9.47 Å². The number of hydrogen-bond donors (Lipinski definition) is 0. The van der Waals surface area contributed by atoms with Crippen LogP contribution in [0.25, 0.3) is 0 Å². The van der Waals surface area contributed by atoms with Crippen LogP contribution in [0, 0.1) is 0 Å². The molecule has 0 saturated carbocycles. The van der Waals surface area contributed by atoms with E-state index < -0.39 is 15.6 Å². The highest BCUT2D eigenvalue weighted by atomic mass is 32.2. The second-order valence-corrected chi connectivity index (χ2v) is 10.8. The first kappa shape index (κ1) is 26.2. The quantitative estimate of drug-likeness (QED) is 0.425. The average molecular weight is 501 g/mol. The van der Waals surface area contributed by atoms with Gasteiger partial charge in [0.05, 0.1) is 20.4 Å². The molecule has 9 nitrogen and oxygen atoms in total. The zero-order chi connectivity index (χ0) is 25.8. The van der Waals surface area contributed by atoms with Crippen molar-refractivity contribution in [2.24, 2.45) is 0 Å². The molecule has 1 heterocycles. The van der Waals surface area contributed by atoms with Gasteiger partial charge in [0.1, 0.15) is 21.9 Å². The average Bonchev–Trinajstić information content (AvgIpc) is 3.36. The molecule has 0 spiro atoms. The van der Waals surface area contributed by atoms with E-state index in [1.54, 1.807) is 66.4 Å². The molecule has 0 N–H and O–H groups in total. The van der Waals surface area contributed by atoms with Crippen molar-refractivity contribution < 1.29 is 22.7 Å². The number of sulfonamides is 1. The molecule has 35 heavy (non-hydrogen) atoms. The summed E-state index contributed by atoms with van der Waals surface area (Å²) in [5.74, 6) is 1.18. The van der Waals surface area contributed by atoms with E-state index in [-0.39, 0.29) is 23.9 Å². The molecule has 0 atom stereocenters. The van der Waals surface area contributed by atoms with Crippen LogP contribution >= 0.6 is 0 Å². The minimum atomic E-state index is -3.95. The summed E-state index contributed by atoms with van der Waals surface area (Å²) in [4.78, 5) is 14.1. The monoisotopic (exact) mass is 500 g/mol. The van der Waals surface area contributed by atoms with Gasteiger partial charge in [-0.3, -0.25) is 9.48 Å². The molecule has 0 saturated heterocycles. The molecule has 0 aliphatic heterocycles. The van der Waals surface area contributed by atoms with Crippen molar-refractivity contribution in [1.29, 1.82) is 0 Å². The van der Waals surface area contributed by atoms with E-state index >= 15 is 0 Å². The number of benzene rings is 2. The summed E-state index contributed by atoms with van der Waals surface area (Å²) in [5, 5.41) is 4.23. The summed E-state index contributed by atoms with van der Waals surface area (Å²) in [7, 11) is 2.51. The molecule has 0 fully saturated rings. The Kier molecular flexibility index (Phi) is 7.86. The molecule has 0 bridgehead atoms. The molecule has 10 heteroatoms. The Morgan fingerprint density at radius 2 is 1.37 bits per heavy atom. The van der Waals surface area contributed by atoms with Gasteiger partial charge in [-0.15, -0.1) is 0 Å². The van der Waals surface area contributed by atoms with Gasteiger partial charge in [-0.25, -0.2) is 8.42 Å². The minimum Gasteiger partial charge on any atom is -0.497 e. The molecule has 0 aliphatic carbocycles. The minimum absolute atomic E-state index is 0.0131. The van der Waals surface area contributed by atoms with Gasteiger partial charge in [-0.1, -0.05) is 24.3 Å². The van der Waals surface area contributed by atoms with E-state index in [0.29, 0.717) is 11.5 Å². The molecular weight excluding hydrogens is 468 g/mol. The third-order valence-electron chi connectivity index (χ3n) is 5.73. The Labute approximate surface area is 206 Å². The smallest absolute Gasteiger partial charge is 0.249 e. The van der Waals surface area contributed by atoms with Gasteiger partial charge in [0.2, 0.25) is 15.9 Å². The number of nitrogens with zero attached hydrogens (tertiary/aromatic N) is 4. The highest BCUT2D eigenvalue weighted by Crippen LogP contribution is 2.25. The molecule has 0 radical (unpaired) electrons. The van der Waals surface area contributed by atoms with Crippen LogP contribution in [0.4, 0.5) is 0 Å². The lowest BCUT2D eigenvalue weighted by atomic mass is 10.0. The van der Waals surface area contributed by atoms with Crippen LogP contribution in [0.2, 0.25) is 0 Å². The van der Waals surface area contributed by atoms with Crippen molar-refractivity contribution in [1.82, 2.24) is 19.0 Å². The van der Waals surface area contributed by atoms with Crippen LogP contribution in [0.15, 0.2) is 65.8 Å². The number of hydrogen-bond acceptors (Lipinski definition) is 6. The number of carbonyl (C=O) groups is 1. The molecule has 0 aliphatic rings. The first-order chi connectivity index (χ1) is 16.5. The van der Waals surface area contributed by atoms with Crippen LogP contribution in [0.1, 0.15) is 25.0 Å². The fourth-order valence-electron chi connectivity index (χ4n) is 3.63. The van der Waals surface area contributed by atoms with Gasteiger partial charge >= 0.3 is 0 Å². The number of ether oxygens (including phenoxy) is 2. The normalized spacial score (nSPS) is 12.0. The molecule has 1 aromatic heterocycles. The first-order valence-corrected chi connectivity index (χ1v) is 12.5. The lowest BCUT2D eigenvalue weighted by Gasteiger charge is -2.27. The van der Waals surface area contributed by atoms with Crippen molar-refractivity contribution in [3.8, 4) is 11.5 Å². The Bertz CT molecular complexity index is 1200. The SMILES string of the molecule is COc1ccc(CN(Cc2ccc(OC)cc2)S(=O)(=O)c2cnn(C(C)(C)C(=O)N(C)C)c2)cc1. The van der Waals surface area contributed by atoms with Gasteiger partial charge in [-0.2, -0.15) is 9.40 Å². The van der Waals surface area contributed by atoms with Crippen LogP contribution in [-0.2, 0) is 33.4 Å². The fraction of sp³-hybridized carbons (Fsp3) is 0.360.